The number of amides is 1. The van der Waals surface area contributed by atoms with Gasteiger partial charge in [0.2, 0.25) is 3.79 Å². The monoisotopic (exact) mass is 475 g/mol. The van der Waals surface area contributed by atoms with Gasteiger partial charge in [0.15, 0.2) is 5.11 Å². The van der Waals surface area contributed by atoms with Gasteiger partial charge in [-0.2, -0.15) is 0 Å². The third-order valence-electron chi connectivity index (χ3n) is 3.85. The number of halogens is 3. The van der Waals surface area contributed by atoms with Crippen LogP contribution in [0.2, 0.25) is 0 Å². The van der Waals surface area contributed by atoms with Crippen LogP contribution in [-0.2, 0) is 0 Å². The van der Waals surface area contributed by atoms with Crippen molar-refractivity contribution in [2.45, 2.75) is 16.9 Å². The molecule has 0 radical (unpaired) electrons. The molecule has 0 unspecified atom stereocenters. The van der Waals surface area contributed by atoms with Crippen LogP contribution in [0.5, 0.6) is 11.5 Å². The Hall–Kier alpha value is -1.93. The molecule has 1 atom stereocenters. The molecule has 0 saturated carbocycles. The van der Waals surface area contributed by atoms with Crippen molar-refractivity contribution in [3.05, 3.63) is 53.6 Å². The molecule has 0 heterocycles. The van der Waals surface area contributed by atoms with Crippen LogP contribution in [0.4, 0.5) is 5.69 Å². The molecule has 29 heavy (non-hydrogen) atoms. The van der Waals surface area contributed by atoms with Crippen LogP contribution >= 0.6 is 47.0 Å². The number of ether oxygens (including phenoxy) is 2. The number of carbonyl (C=O) groups excluding carboxylic acids is 1. The third kappa shape index (κ3) is 6.82. The molecule has 2 aromatic carbocycles. The van der Waals surface area contributed by atoms with E-state index in [1.165, 1.54) is 7.11 Å². The lowest BCUT2D eigenvalue weighted by atomic mass is 10.1. The van der Waals surface area contributed by atoms with Gasteiger partial charge in [-0.05, 0) is 43.4 Å². The van der Waals surface area contributed by atoms with E-state index in [1.54, 1.807) is 37.4 Å². The number of hydrogen-bond donors (Lipinski definition) is 3. The highest BCUT2D eigenvalue weighted by molar-refractivity contribution is 7.80. The molecule has 0 saturated heterocycles. The van der Waals surface area contributed by atoms with Gasteiger partial charge in [-0.1, -0.05) is 52.5 Å². The van der Waals surface area contributed by atoms with E-state index in [9.17, 15) is 4.79 Å². The van der Waals surface area contributed by atoms with Crippen molar-refractivity contribution >= 4 is 63.7 Å². The lowest BCUT2D eigenvalue weighted by Crippen LogP contribution is -2.56. The minimum atomic E-state index is -1.87. The summed E-state index contributed by atoms with van der Waals surface area (Å²) >= 11 is 23.4. The first-order chi connectivity index (χ1) is 13.6. The summed E-state index contributed by atoms with van der Waals surface area (Å²) in [6.07, 6.45) is -1.10. The van der Waals surface area contributed by atoms with Gasteiger partial charge in [0, 0.05) is 11.6 Å². The third-order valence-corrected chi connectivity index (χ3v) is 4.72. The topological polar surface area (TPSA) is 71.6 Å². The Morgan fingerprint density at radius 3 is 2.24 bits per heavy atom. The van der Waals surface area contributed by atoms with E-state index in [0.717, 1.165) is 5.56 Å². The summed E-state index contributed by atoms with van der Waals surface area (Å²) in [7, 11) is 3.07. The number of anilines is 1. The molecule has 6 nitrogen and oxygen atoms in total. The Bertz CT molecular complexity index is 873. The Morgan fingerprint density at radius 1 is 1.03 bits per heavy atom. The second kappa shape index (κ2) is 10.2. The van der Waals surface area contributed by atoms with Gasteiger partial charge in [-0.15, -0.1) is 0 Å². The molecule has 0 bridgehead atoms. The highest BCUT2D eigenvalue weighted by atomic mass is 35.6. The molecule has 0 aliphatic carbocycles. The normalized spacial score (nSPS) is 11.9. The van der Waals surface area contributed by atoms with Gasteiger partial charge in [0.25, 0.3) is 5.91 Å². The highest BCUT2D eigenvalue weighted by Gasteiger charge is 2.35. The van der Waals surface area contributed by atoms with Crippen molar-refractivity contribution in [3.63, 3.8) is 0 Å². The second-order valence-corrected chi connectivity index (χ2v) is 8.76. The lowest BCUT2D eigenvalue weighted by molar-refractivity contribution is 0.0934. The standard InChI is InChI=1S/C19H20Cl3N3O3S/c1-11-4-6-12(7-5-11)16(26)24-17(19(20,21)22)25-18(29)23-14-10-13(27-2)8-9-15(14)28-3/h4-10,17H,1-3H3,(H,24,26)(H2,23,25,29)/t17-/m1/s1. The van der Waals surface area contributed by atoms with E-state index in [0.29, 0.717) is 22.7 Å². The highest BCUT2D eigenvalue weighted by Crippen LogP contribution is 2.31. The van der Waals surface area contributed by atoms with E-state index < -0.39 is 15.9 Å². The minimum absolute atomic E-state index is 0.108. The van der Waals surface area contributed by atoms with E-state index in [-0.39, 0.29) is 5.11 Å². The molecule has 0 fully saturated rings. The predicted octanol–water partition coefficient (Wildman–Crippen LogP) is 4.42. The smallest absolute Gasteiger partial charge is 0.252 e. The maximum absolute atomic E-state index is 12.5. The zero-order chi connectivity index (χ0) is 21.6. The van der Waals surface area contributed by atoms with Crippen molar-refractivity contribution in [1.29, 1.82) is 0 Å². The molecular formula is C19H20Cl3N3O3S. The van der Waals surface area contributed by atoms with Gasteiger partial charge in [0.05, 0.1) is 19.9 Å². The summed E-state index contributed by atoms with van der Waals surface area (Å²) in [4.78, 5) is 12.5. The van der Waals surface area contributed by atoms with E-state index >= 15 is 0 Å². The molecule has 0 aliphatic heterocycles. The van der Waals surface area contributed by atoms with Crippen LogP contribution in [0.1, 0.15) is 15.9 Å². The van der Waals surface area contributed by atoms with Crippen LogP contribution in [0.25, 0.3) is 0 Å². The fourth-order valence-electron chi connectivity index (χ4n) is 2.32. The molecule has 0 aromatic heterocycles. The van der Waals surface area contributed by atoms with Crippen LogP contribution in [0.15, 0.2) is 42.5 Å². The zero-order valence-electron chi connectivity index (χ0n) is 15.9. The van der Waals surface area contributed by atoms with Crippen molar-refractivity contribution in [2.24, 2.45) is 0 Å². The fraction of sp³-hybridized carbons (Fsp3) is 0.263. The molecule has 3 N–H and O–H groups in total. The number of alkyl halides is 3. The number of carbonyl (C=O) groups is 1. The molecule has 156 valence electrons. The Balaban J connectivity index is 2.13. The molecule has 0 aliphatic rings. The van der Waals surface area contributed by atoms with Crippen LogP contribution in [0, 0.1) is 6.92 Å². The first-order valence-corrected chi connectivity index (χ1v) is 9.92. The molecule has 1 amide bonds. The second-order valence-electron chi connectivity index (χ2n) is 5.98. The summed E-state index contributed by atoms with van der Waals surface area (Å²) in [6, 6.07) is 12.1. The van der Waals surface area contributed by atoms with Gasteiger partial charge in [-0.3, -0.25) is 4.79 Å². The number of benzene rings is 2. The maximum atomic E-state index is 12.5. The van der Waals surface area contributed by atoms with E-state index in [4.69, 9.17) is 56.5 Å². The van der Waals surface area contributed by atoms with Crippen molar-refractivity contribution in [3.8, 4) is 11.5 Å². The summed E-state index contributed by atoms with van der Waals surface area (Å²) in [5.41, 5.74) is 1.98. The first kappa shape index (κ1) is 23.3. The zero-order valence-corrected chi connectivity index (χ0v) is 19.0. The number of aryl methyl sites for hydroxylation is 1. The summed E-state index contributed by atoms with van der Waals surface area (Å²) < 4.78 is 8.63. The molecular weight excluding hydrogens is 457 g/mol. The Kier molecular flexibility index (Phi) is 8.22. The van der Waals surface area contributed by atoms with E-state index in [2.05, 4.69) is 16.0 Å². The minimum Gasteiger partial charge on any atom is -0.497 e. The van der Waals surface area contributed by atoms with Crippen LogP contribution in [-0.4, -0.2) is 35.2 Å². The largest absolute Gasteiger partial charge is 0.497 e. The average Bonchev–Trinajstić information content (AvgIpc) is 2.67. The Labute approximate surface area is 189 Å². The van der Waals surface area contributed by atoms with Crippen molar-refractivity contribution < 1.29 is 14.3 Å². The lowest BCUT2D eigenvalue weighted by Gasteiger charge is -2.28. The van der Waals surface area contributed by atoms with Crippen molar-refractivity contribution in [2.75, 3.05) is 19.5 Å². The molecule has 2 rings (SSSR count). The SMILES string of the molecule is COc1ccc(OC)c(NC(=S)N[C@@H](NC(=O)c2ccc(C)cc2)C(Cl)(Cl)Cl)c1. The summed E-state index contributed by atoms with van der Waals surface area (Å²) in [5.74, 6) is 0.710. The summed E-state index contributed by atoms with van der Waals surface area (Å²) in [6.45, 7) is 1.92. The molecule has 10 heteroatoms. The quantitative estimate of drug-likeness (QED) is 0.326. The Morgan fingerprint density at radius 2 is 1.69 bits per heavy atom. The van der Waals surface area contributed by atoms with Gasteiger partial charge >= 0.3 is 0 Å². The van der Waals surface area contributed by atoms with Gasteiger partial charge in [-0.25, -0.2) is 0 Å². The number of methoxy groups -OCH3 is 2. The van der Waals surface area contributed by atoms with Gasteiger partial charge in [0.1, 0.15) is 17.7 Å². The number of nitrogens with one attached hydrogen (secondary N) is 3. The first-order valence-electron chi connectivity index (χ1n) is 8.38. The molecule has 2 aromatic rings. The fourth-order valence-corrected chi connectivity index (χ4v) is 2.88. The molecule has 0 spiro atoms. The average molecular weight is 477 g/mol. The number of thiocarbonyl (C=S) groups is 1. The van der Waals surface area contributed by atoms with Gasteiger partial charge < -0.3 is 25.4 Å². The van der Waals surface area contributed by atoms with Crippen molar-refractivity contribution in [1.82, 2.24) is 10.6 Å². The van der Waals surface area contributed by atoms with E-state index in [1.807, 2.05) is 19.1 Å². The van der Waals surface area contributed by atoms with Crippen LogP contribution in [0.3, 0.4) is 0 Å². The number of rotatable bonds is 6. The van der Waals surface area contributed by atoms with Crippen LogP contribution < -0.4 is 25.4 Å². The maximum Gasteiger partial charge on any atom is 0.252 e. The number of hydrogen-bond acceptors (Lipinski definition) is 4. The summed E-state index contributed by atoms with van der Waals surface area (Å²) in [5, 5.41) is 8.49. The predicted molar refractivity (Wildman–Crippen MR) is 122 cm³/mol.